The normalized spacial score (nSPS) is 11.8. The van der Waals surface area contributed by atoms with Gasteiger partial charge >= 0.3 is 5.97 Å². The number of aromatic nitrogens is 1. The molecule has 1 amide bonds. The van der Waals surface area contributed by atoms with E-state index in [1.165, 1.54) is 18.4 Å². The van der Waals surface area contributed by atoms with E-state index in [4.69, 9.17) is 4.74 Å². The van der Waals surface area contributed by atoms with Crippen LogP contribution in [-0.4, -0.2) is 24.0 Å². The number of thiazole rings is 1. The van der Waals surface area contributed by atoms with E-state index in [1.807, 2.05) is 38.1 Å². The largest absolute Gasteiger partial charge is 0.469 e. The van der Waals surface area contributed by atoms with E-state index in [9.17, 15) is 9.59 Å². The van der Waals surface area contributed by atoms with Crippen LogP contribution in [-0.2, 0) is 9.53 Å². The Hall–Kier alpha value is -2.21. The molecule has 1 N–H and O–H groups in total. The number of ether oxygens (including phenoxy) is 1. The highest BCUT2D eigenvalue weighted by atomic mass is 32.1. The smallest absolute Gasteiger partial charge is 0.307 e. The van der Waals surface area contributed by atoms with Gasteiger partial charge < -0.3 is 10.1 Å². The van der Waals surface area contributed by atoms with Gasteiger partial charge in [-0.3, -0.25) is 9.59 Å². The predicted molar refractivity (Wildman–Crippen MR) is 89.6 cm³/mol. The molecule has 6 heteroatoms. The molecule has 1 atom stereocenters. The van der Waals surface area contributed by atoms with Crippen molar-refractivity contribution in [2.75, 3.05) is 7.11 Å². The molecule has 0 aliphatic heterocycles. The second-order valence-corrected chi connectivity index (χ2v) is 6.57. The van der Waals surface area contributed by atoms with Crippen LogP contribution in [0.2, 0.25) is 0 Å². The number of methoxy groups -OCH3 is 1. The number of esters is 1. The molecule has 2 aromatic rings. The van der Waals surface area contributed by atoms with Gasteiger partial charge in [0.15, 0.2) is 0 Å². The van der Waals surface area contributed by atoms with E-state index in [-0.39, 0.29) is 18.3 Å². The molecule has 23 heavy (non-hydrogen) atoms. The first-order valence-electron chi connectivity index (χ1n) is 7.29. The van der Waals surface area contributed by atoms with E-state index in [2.05, 4.69) is 10.3 Å². The fourth-order valence-electron chi connectivity index (χ4n) is 2.27. The average molecular weight is 332 g/mol. The number of nitrogens with one attached hydrogen (secondary N) is 1. The highest BCUT2D eigenvalue weighted by molar-refractivity contribution is 7.13. The predicted octanol–water partition coefficient (Wildman–Crippen LogP) is 3.10. The molecule has 0 saturated heterocycles. The number of rotatable bonds is 5. The first-order valence-corrected chi connectivity index (χ1v) is 8.10. The standard InChI is InChI=1S/C17H20N2O3S/c1-10-5-7-13(8-6-10)14(9-15(20)22-4)19-17(21)16-11(2)18-12(3)23-16/h5-8,14H,9H2,1-4H3,(H,19,21). The average Bonchev–Trinajstić information content (AvgIpc) is 2.86. The summed E-state index contributed by atoms with van der Waals surface area (Å²) in [5.41, 5.74) is 2.68. The molecule has 2 rings (SSSR count). The van der Waals surface area contributed by atoms with Crippen LogP contribution in [0.4, 0.5) is 0 Å². The third kappa shape index (κ3) is 4.39. The van der Waals surface area contributed by atoms with Gasteiger partial charge in [-0.25, -0.2) is 4.98 Å². The number of nitrogens with zero attached hydrogens (tertiary/aromatic N) is 1. The molecule has 1 unspecified atom stereocenters. The minimum absolute atomic E-state index is 0.0855. The summed E-state index contributed by atoms with van der Waals surface area (Å²) in [4.78, 5) is 29.0. The van der Waals surface area contributed by atoms with Crippen LogP contribution in [0, 0.1) is 20.8 Å². The van der Waals surface area contributed by atoms with E-state index in [1.54, 1.807) is 6.92 Å². The van der Waals surface area contributed by atoms with E-state index in [0.717, 1.165) is 16.1 Å². The molecule has 0 saturated carbocycles. The summed E-state index contributed by atoms with van der Waals surface area (Å²) in [5.74, 6) is -0.587. The van der Waals surface area contributed by atoms with Crippen LogP contribution in [0.1, 0.15) is 44.0 Å². The van der Waals surface area contributed by atoms with Crippen LogP contribution in [0.3, 0.4) is 0 Å². The Balaban J connectivity index is 2.23. The van der Waals surface area contributed by atoms with Crippen LogP contribution < -0.4 is 5.32 Å². The molecular formula is C17H20N2O3S. The van der Waals surface area contributed by atoms with Crippen molar-refractivity contribution >= 4 is 23.2 Å². The van der Waals surface area contributed by atoms with Gasteiger partial charge in [-0.2, -0.15) is 0 Å². The third-order valence-electron chi connectivity index (χ3n) is 3.49. The van der Waals surface area contributed by atoms with Crippen LogP contribution in [0.25, 0.3) is 0 Å². The third-order valence-corrected chi connectivity index (χ3v) is 4.56. The van der Waals surface area contributed by atoms with Crippen molar-refractivity contribution in [3.8, 4) is 0 Å². The van der Waals surface area contributed by atoms with Crippen molar-refractivity contribution in [1.29, 1.82) is 0 Å². The van der Waals surface area contributed by atoms with Gasteiger partial charge in [0.2, 0.25) is 0 Å². The number of hydrogen-bond donors (Lipinski definition) is 1. The van der Waals surface area contributed by atoms with Gasteiger partial charge in [0, 0.05) is 0 Å². The van der Waals surface area contributed by atoms with Crippen molar-refractivity contribution in [2.45, 2.75) is 33.2 Å². The van der Waals surface area contributed by atoms with Crippen LogP contribution in [0.15, 0.2) is 24.3 Å². The summed E-state index contributed by atoms with van der Waals surface area (Å²) in [6.07, 6.45) is 0.0855. The Morgan fingerprint density at radius 1 is 1.22 bits per heavy atom. The monoisotopic (exact) mass is 332 g/mol. The Labute approximate surface area is 139 Å². The second-order valence-electron chi connectivity index (χ2n) is 5.36. The highest BCUT2D eigenvalue weighted by Crippen LogP contribution is 2.22. The molecule has 1 aromatic carbocycles. The van der Waals surface area contributed by atoms with Crippen LogP contribution in [0.5, 0.6) is 0 Å². The van der Waals surface area contributed by atoms with Crippen molar-refractivity contribution < 1.29 is 14.3 Å². The maximum atomic E-state index is 12.5. The fourth-order valence-corrected chi connectivity index (χ4v) is 3.09. The summed E-state index contributed by atoms with van der Waals surface area (Å²) < 4.78 is 4.74. The summed E-state index contributed by atoms with van der Waals surface area (Å²) in [6.45, 7) is 5.65. The number of amides is 1. The Bertz CT molecular complexity index is 707. The molecule has 0 aliphatic carbocycles. The minimum atomic E-state index is -0.433. The van der Waals surface area contributed by atoms with Crippen molar-refractivity contribution in [1.82, 2.24) is 10.3 Å². The Kier molecular flexibility index (Phi) is 5.50. The number of aryl methyl sites for hydroxylation is 3. The minimum Gasteiger partial charge on any atom is -0.469 e. The van der Waals surface area contributed by atoms with Crippen molar-refractivity contribution in [2.24, 2.45) is 0 Å². The maximum Gasteiger partial charge on any atom is 0.307 e. The lowest BCUT2D eigenvalue weighted by Gasteiger charge is -2.18. The lowest BCUT2D eigenvalue weighted by molar-refractivity contribution is -0.141. The van der Waals surface area contributed by atoms with Crippen LogP contribution >= 0.6 is 11.3 Å². The lowest BCUT2D eigenvalue weighted by Crippen LogP contribution is -2.30. The van der Waals surface area contributed by atoms with E-state index >= 15 is 0 Å². The lowest BCUT2D eigenvalue weighted by atomic mass is 10.0. The zero-order chi connectivity index (χ0) is 17.0. The van der Waals surface area contributed by atoms with Crippen molar-refractivity contribution in [3.63, 3.8) is 0 Å². The molecule has 1 aromatic heterocycles. The summed E-state index contributed by atoms with van der Waals surface area (Å²) in [7, 11) is 1.34. The van der Waals surface area contributed by atoms with Crippen molar-refractivity contribution in [3.05, 3.63) is 51.0 Å². The SMILES string of the molecule is COC(=O)CC(NC(=O)c1sc(C)nc1C)c1ccc(C)cc1. The summed E-state index contributed by atoms with van der Waals surface area (Å²) in [6, 6.07) is 7.29. The maximum absolute atomic E-state index is 12.5. The van der Waals surface area contributed by atoms with Gasteiger partial charge in [-0.05, 0) is 26.3 Å². The van der Waals surface area contributed by atoms with Gasteiger partial charge in [-0.15, -0.1) is 11.3 Å². The first kappa shape index (κ1) is 17.1. The zero-order valence-electron chi connectivity index (χ0n) is 13.7. The Morgan fingerprint density at radius 2 is 1.87 bits per heavy atom. The molecule has 0 radical (unpaired) electrons. The number of benzene rings is 1. The highest BCUT2D eigenvalue weighted by Gasteiger charge is 2.22. The second kappa shape index (κ2) is 7.37. The molecular weight excluding hydrogens is 312 g/mol. The molecule has 0 spiro atoms. The topological polar surface area (TPSA) is 68.3 Å². The molecule has 0 bridgehead atoms. The van der Waals surface area contributed by atoms with E-state index in [0.29, 0.717) is 10.6 Å². The molecule has 1 heterocycles. The van der Waals surface area contributed by atoms with E-state index < -0.39 is 6.04 Å². The first-order chi connectivity index (χ1) is 10.9. The number of carbonyl (C=O) groups is 2. The molecule has 5 nitrogen and oxygen atoms in total. The summed E-state index contributed by atoms with van der Waals surface area (Å²) in [5, 5.41) is 3.76. The van der Waals surface area contributed by atoms with Gasteiger partial charge in [0.05, 0.1) is 30.3 Å². The molecule has 0 fully saturated rings. The van der Waals surface area contributed by atoms with Gasteiger partial charge in [-0.1, -0.05) is 29.8 Å². The number of hydrogen-bond acceptors (Lipinski definition) is 5. The molecule has 0 aliphatic rings. The summed E-state index contributed by atoms with van der Waals surface area (Å²) >= 11 is 1.35. The Morgan fingerprint density at radius 3 is 2.39 bits per heavy atom. The van der Waals surface area contributed by atoms with Gasteiger partial charge in [0.1, 0.15) is 4.88 Å². The fraction of sp³-hybridized carbons (Fsp3) is 0.353. The number of carbonyl (C=O) groups excluding carboxylic acids is 2. The quantitative estimate of drug-likeness (QED) is 0.854. The van der Waals surface area contributed by atoms with Gasteiger partial charge in [0.25, 0.3) is 5.91 Å². The zero-order valence-corrected chi connectivity index (χ0v) is 14.5. The molecule has 122 valence electrons.